The molecule has 2 heterocycles. The van der Waals surface area contributed by atoms with Crippen LogP contribution in [0.4, 0.5) is 10.1 Å². The minimum Gasteiger partial charge on any atom is -0.494 e. The maximum absolute atomic E-state index is 13.3. The van der Waals surface area contributed by atoms with Gasteiger partial charge in [-0.3, -0.25) is 4.79 Å². The molecule has 0 aliphatic rings. The van der Waals surface area contributed by atoms with Crippen molar-refractivity contribution in [3.05, 3.63) is 47.0 Å². The molecular formula is C18H18FN3O3. The number of ether oxygens (including phenoxy) is 1. The average molecular weight is 343 g/mol. The Bertz CT molecular complexity index is 950. The number of amides is 1. The van der Waals surface area contributed by atoms with Crippen LogP contribution in [0.5, 0.6) is 5.75 Å². The number of fused-ring (bicyclic) bond motifs is 1. The fourth-order valence-corrected chi connectivity index (χ4v) is 2.55. The molecule has 0 radical (unpaired) electrons. The fraction of sp³-hybridized carbons (Fsp3) is 0.278. The summed E-state index contributed by atoms with van der Waals surface area (Å²) in [7, 11) is 1.41. The molecule has 0 aliphatic carbocycles. The molecule has 0 bridgehead atoms. The van der Waals surface area contributed by atoms with E-state index in [1.165, 1.54) is 25.3 Å². The lowest BCUT2D eigenvalue weighted by molar-refractivity contribution is 0.102. The number of methoxy groups -OCH3 is 1. The Kier molecular flexibility index (Phi) is 4.39. The second kappa shape index (κ2) is 6.51. The number of anilines is 1. The van der Waals surface area contributed by atoms with Crippen LogP contribution in [-0.2, 0) is 0 Å². The van der Waals surface area contributed by atoms with E-state index in [1.54, 1.807) is 13.0 Å². The van der Waals surface area contributed by atoms with Crippen molar-refractivity contribution in [1.29, 1.82) is 0 Å². The van der Waals surface area contributed by atoms with Crippen LogP contribution < -0.4 is 10.1 Å². The largest absolute Gasteiger partial charge is 0.494 e. The van der Waals surface area contributed by atoms with Gasteiger partial charge in [-0.05, 0) is 31.0 Å². The predicted octanol–water partition coefficient (Wildman–Crippen LogP) is 4.05. The lowest BCUT2D eigenvalue weighted by atomic mass is 10.0. The topological polar surface area (TPSA) is 77.2 Å². The van der Waals surface area contributed by atoms with Crippen molar-refractivity contribution in [1.82, 2.24) is 10.1 Å². The molecule has 0 saturated heterocycles. The van der Waals surface area contributed by atoms with Gasteiger partial charge in [0.15, 0.2) is 0 Å². The minimum atomic E-state index is -0.446. The summed E-state index contributed by atoms with van der Waals surface area (Å²) in [6, 6.07) is 5.64. The van der Waals surface area contributed by atoms with Gasteiger partial charge >= 0.3 is 0 Å². The number of nitrogens with one attached hydrogen (secondary N) is 1. The van der Waals surface area contributed by atoms with Crippen molar-refractivity contribution in [3.63, 3.8) is 0 Å². The third-order valence-corrected chi connectivity index (χ3v) is 3.88. The van der Waals surface area contributed by atoms with Crippen LogP contribution >= 0.6 is 0 Å². The second-order valence-electron chi connectivity index (χ2n) is 6.00. The summed E-state index contributed by atoms with van der Waals surface area (Å²) in [5.41, 5.74) is 2.40. The molecule has 0 unspecified atom stereocenters. The molecule has 2 aromatic heterocycles. The van der Waals surface area contributed by atoms with Crippen molar-refractivity contribution in [2.45, 2.75) is 26.7 Å². The SMILES string of the molecule is COc1cc(F)ccc1NC(=O)c1cc(C(C)C)nc2onc(C)c12. The molecule has 3 aromatic rings. The number of pyridine rings is 1. The minimum absolute atomic E-state index is 0.113. The Hall–Kier alpha value is -2.96. The first-order chi connectivity index (χ1) is 11.9. The lowest BCUT2D eigenvalue weighted by Crippen LogP contribution is -2.14. The molecule has 0 saturated carbocycles. The summed E-state index contributed by atoms with van der Waals surface area (Å²) >= 11 is 0. The highest BCUT2D eigenvalue weighted by atomic mass is 19.1. The number of hydrogen-bond acceptors (Lipinski definition) is 5. The molecule has 1 amide bonds. The molecular weight excluding hydrogens is 325 g/mol. The molecule has 130 valence electrons. The van der Waals surface area contributed by atoms with Gasteiger partial charge in [0, 0.05) is 11.8 Å². The van der Waals surface area contributed by atoms with Crippen molar-refractivity contribution in [3.8, 4) is 5.75 Å². The zero-order valence-electron chi connectivity index (χ0n) is 14.4. The normalized spacial score (nSPS) is 11.1. The second-order valence-corrected chi connectivity index (χ2v) is 6.00. The van der Waals surface area contributed by atoms with Crippen molar-refractivity contribution in [2.24, 2.45) is 0 Å². The summed E-state index contributed by atoms with van der Waals surface area (Å²) in [6.45, 7) is 5.70. The van der Waals surface area contributed by atoms with Gasteiger partial charge in [-0.15, -0.1) is 0 Å². The number of nitrogens with zero attached hydrogens (tertiary/aromatic N) is 2. The van der Waals surface area contributed by atoms with E-state index in [9.17, 15) is 9.18 Å². The molecule has 0 fully saturated rings. The first kappa shape index (κ1) is 16.9. The third-order valence-electron chi connectivity index (χ3n) is 3.88. The maximum atomic E-state index is 13.3. The summed E-state index contributed by atoms with van der Waals surface area (Å²) in [5, 5.41) is 7.21. The number of carbonyl (C=O) groups is 1. The van der Waals surface area contributed by atoms with E-state index >= 15 is 0 Å². The standard InChI is InChI=1S/C18H18FN3O3/c1-9(2)14-8-12(16-10(3)22-25-18(16)21-14)17(23)20-13-6-5-11(19)7-15(13)24-4/h5-9H,1-4H3,(H,20,23). The highest BCUT2D eigenvalue weighted by molar-refractivity contribution is 6.12. The van der Waals surface area contributed by atoms with E-state index in [2.05, 4.69) is 15.5 Å². The first-order valence-electron chi connectivity index (χ1n) is 7.82. The molecule has 1 N–H and O–H groups in total. The lowest BCUT2D eigenvalue weighted by Gasteiger charge is -2.12. The van der Waals surface area contributed by atoms with Gasteiger partial charge in [-0.1, -0.05) is 19.0 Å². The Balaban J connectivity index is 2.06. The monoisotopic (exact) mass is 343 g/mol. The number of rotatable bonds is 4. The van der Waals surface area contributed by atoms with Gasteiger partial charge in [-0.2, -0.15) is 0 Å². The van der Waals surface area contributed by atoms with Gasteiger partial charge in [0.25, 0.3) is 11.6 Å². The average Bonchev–Trinajstić information content (AvgIpc) is 2.96. The number of carbonyl (C=O) groups excluding carboxylic acids is 1. The van der Waals surface area contributed by atoms with Gasteiger partial charge < -0.3 is 14.6 Å². The van der Waals surface area contributed by atoms with Crippen LogP contribution in [0.1, 0.15) is 41.5 Å². The maximum Gasteiger partial charge on any atom is 0.259 e. The summed E-state index contributed by atoms with van der Waals surface area (Å²) < 4.78 is 23.7. The predicted molar refractivity (Wildman–Crippen MR) is 91.5 cm³/mol. The smallest absolute Gasteiger partial charge is 0.259 e. The molecule has 1 aromatic carbocycles. The molecule has 3 rings (SSSR count). The molecule has 0 spiro atoms. The Morgan fingerprint density at radius 1 is 1.32 bits per heavy atom. The van der Waals surface area contributed by atoms with Gasteiger partial charge in [-0.25, -0.2) is 9.37 Å². The Morgan fingerprint density at radius 3 is 2.76 bits per heavy atom. The summed E-state index contributed by atoms with van der Waals surface area (Å²) in [5.74, 6) is -0.463. The number of aryl methyl sites for hydroxylation is 1. The molecule has 6 nitrogen and oxygen atoms in total. The number of benzene rings is 1. The van der Waals surface area contributed by atoms with Crippen LogP contribution in [0.25, 0.3) is 11.1 Å². The molecule has 0 aliphatic heterocycles. The Labute approximate surface area is 144 Å². The summed E-state index contributed by atoms with van der Waals surface area (Å²) in [4.78, 5) is 17.3. The number of aromatic nitrogens is 2. The van der Waals surface area contributed by atoms with E-state index < -0.39 is 5.82 Å². The van der Waals surface area contributed by atoms with E-state index in [0.29, 0.717) is 28.0 Å². The highest BCUT2D eigenvalue weighted by Crippen LogP contribution is 2.29. The van der Waals surface area contributed by atoms with Gasteiger partial charge in [0.2, 0.25) is 0 Å². The first-order valence-corrected chi connectivity index (χ1v) is 7.82. The Morgan fingerprint density at radius 2 is 2.08 bits per heavy atom. The van der Waals surface area contributed by atoms with E-state index in [-0.39, 0.29) is 17.6 Å². The fourth-order valence-electron chi connectivity index (χ4n) is 2.55. The van der Waals surface area contributed by atoms with Crippen molar-refractivity contribution in [2.75, 3.05) is 12.4 Å². The zero-order chi connectivity index (χ0) is 18.1. The van der Waals surface area contributed by atoms with E-state index in [0.717, 1.165) is 5.69 Å². The van der Waals surface area contributed by atoms with Gasteiger partial charge in [0.1, 0.15) is 11.6 Å². The van der Waals surface area contributed by atoms with Crippen LogP contribution in [0, 0.1) is 12.7 Å². The molecule has 0 atom stereocenters. The third kappa shape index (κ3) is 3.17. The number of halogens is 1. The van der Waals surface area contributed by atoms with Crippen molar-refractivity contribution >= 4 is 22.7 Å². The van der Waals surface area contributed by atoms with Crippen LogP contribution in [-0.4, -0.2) is 23.2 Å². The van der Waals surface area contributed by atoms with Crippen LogP contribution in [0.3, 0.4) is 0 Å². The quantitative estimate of drug-likeness (QED) is 0.773. The van der Waals surface area contributed by atoms with Crippen LogP contribution in [0.15, 0.2) is 28.8 Å². The van der Waals surface area contributed by atoms with E-state index in [1.807, 2.05) is 13.8 Å². The summed E-state index contributed by atoms with van der Waals surface area (Å²) in [6.07, 6.45) is 0. The van der Waals surface area contributed by atoms with Crippen LogP contribution in [0.2, 0.25) is 0 Å². The van der Waals surface area contributed by atoms with Crippen molar-refractivity contribution < 1.29 is 18.4 Å². The zero-order valence-corrected chi connectivity index (χ0v) is 14.4. The number of hydrogen-bond donors (Lipinski definition) is 1. The van der Waals surface area contributed by atoms with E-state index in [4.69, 9.17) is 9.26 Å². The van der Waals surface area contributed by atoms with Gasteiger partial charge in [0.05, 0.1) is 29.4 Å². The highest BCUT2D eigenvalue weighted by Gasteiger charge is 2.20. The molecule has 25 heavy (non-hydrogen) atoms. The molecule has 7 heteroatoms.